The molecule has 0 saturated heterocycles. The molecule has 0 spiro atoms. The van der Waals surface area contributed by atoms with E-state index in [1.54, 1.807) is 0 Å². The van der Waals surface area contributed by atoms with Gasteiger partial charge in [-0.15, -0.1) is 0 Å². The van der Waals surface area contributed by atoms with Gasteiger partial charge < -0.3 is 5.32 Å². The third-order valence-corrected chi connectivity index (χ3v) is 2.63. The van der Waals surface area contributed by atoms with Gasteiger partial charge in [-0.05, 0) is 29.0 Å². The van der Waals surface area contributed by atoms with Gasteiger partial charge in [0.1, 0.15) is 0 Å². The first-order chi connectivity index (χ1) is 7.79. The summed E-state index contributed by atoms with van der Waals surface area (Å²) in [5.41, 5.74) is 2.31. The van der Waals surface area contributed by atoms with E-state index in [1.807, 2.05) is 26.0 Å². The monoisotopic (exact) mass is 233 g/mol. The maximum atomic E-state index is 11.6. The van der Waals surface area contributed by atoms with Crippen LogP contribution >= 0.6 is 0 Å². The van der Waals surface area contributed by atoms with Crippen molar-refractivity contribution >= 4 is 11.6 Å². The number of benzene rings is 1. The summed E-state index contributed by atoms with van der Waals surface area (Å²) in [5, 5.41) is 2.91. The van der Waals surface area contributed by atoms with Crippen molar-refractivity contribution in [1.29, 1.82) is 0 Å². The largest absolute Gasteiger partial charge is 0.326 e. The summed E-state index contributed by atoms with van der Waals surface area (Å²) in [4.78, 5) is 11.6. The Morgan fingerprint density at radius 2 is 1.71 bits per heavy atom. The summed E-state index contributed by atoms with van der Waals surface area (Å²) in [7, 11) is 0. The van der Waals surface area contributed by atoms with E-state index in [0.717, 1.165) is 5.69 Å². The molecule has 94 valence electrons. The molecule has 0 radical (unpaired) electrons. The third kappa shape index (κ3) is 4.59. The van der Waals surface area contributed by atoms with Gasteiger partial charge in [-0.25, -0.2) is 0 Å². The smallest absolute Gasteiger partial charge is 0.224 e. The van der Waals surface area contributed by atoms with Gasteiger partial charge in [0.2, 0.25) is 5.91 Å². The van der Waals surface area contributed by atoms with E-state index < -0.39 is 0 Å². The van der Waals surface area contributed by atoms with Crippen LogP contribution in [0.15, 0.2) is 24.3 Å². The van der Waals surface area contributed by atoms with Crippen LogP contribution in [-0.2, 0) is 10.2 Å². The second kappa shape index (κ2) is 5.35. The highest BCUT2D eigenvalue weighted by Crippen LogP contribution is 2.23. The molecule has 1 rings (SSSR count). The Bertz CT molecular complexity index is 371. The van der Waals surface area contributed by atoms with E-state index in [9.17, 15) is 4.79 Å². The molecule has 0 heterocycles. The van der Waals surface area contributed by atoms with Crippen LogP contribution in [0.25, 0.3) is 0 Å². The Morgan fingerprint density at radius 3 is 2.12 bits per heavy atom. The van der Waals surface area contributed by atoms with E-state index in [1.165, 1.54) is 5.56 Å². The SMILES string of the molecule is CC(C)CC(=O)Nc1ccc(C(C)(C)C)cc1. The molecule has 2 nitrogen and oxygen atoms in total. The fourth-order valence-electron chi connectivity index (χ4n) is 1.64. The van der Waals surface area contributed by atoms with Crippen molar-refractivity contribution in [3.8, 4) is 0 Å². The Balaban J connectivity index is 2.66. The summed E-state index contributed by atoms with van der Waals surface area (Å²) in [6.07, 6.45) is 0.570. The van der Waals surface area contributed by atoms with Gasteiger partial charge in [0, 0.05) is 12.1 Å². The summed E-state index contributed by atoms with van der Waals surface area (Å²) < 4.78 is 0. The lowest BCUT2D eigenvalue weighted by atomic mass is 9.87. The molecule has 1 aromatic carbocycles. The first-order valence-electron chi connectivity index (χ1n) is 6.19. The van der Waals surface area contributed by atoms with Crippen molar-refractivity contribution in [3.05, 3.63) is 29.8 Å². The van der Waals surface area contributed by atoms with Crippen molar-refractivity contribution in [3.63, 3.8) is 0 Å². The van der Waals surface area contributed by atoms with Gasteiger partial charge in [0.05, 0.1) is 0 Å². The van der Waals surface area contributed by atoms with Crippen LogP contribution in [0.1, 0.15) is 46.6 Å². The molecule has 0 bridgehead atoms. The highest BCUT2D eigenvalue weighted by Gasteiger charge is 2.13. The number of amides is 1. The average molecular weight is 233 g/mol. The van der Waals surface area contributed by atoms with Crippen molar-refractivity contribution < 1.29 is 4.79 Å². The molecule has 0 saturated carbocycles. The molecule has 0 aliphatic carbocycles. The molecule has 17 heavy (non-hydrogen) atoms. The number of nitrogens with one attached hydrogen (secondary N) is 1. The standard InChI is InChI=1S/C15H23NO/c1-11(2)10-14(17)16-13-8-6-12(7-9-13)15(3,4)5/h6-9,11H,10H2,1-5H3,(H,16,17). The van der Waals surface area contributed by atoms with Crippen molar-refractivity contribution in [2.75, 3.05) is 5.32 Å². The van der Waals surface area contributed by atoms with E-state index >= 15 is 0 Å². The fourth-order valence-corrected chi connectivity index (χ4v) is 1.64. The lowest BCUT2D eigenvalue weighted by Crippen LogP contribution is -2.14. The van der Waals surface area contributed by atoms with E-state index in [2.05, 4.69) is 38.2 Å². The van der Waals surface area contributed by atoms with Crippen LogP contribution in [-0.4, -0.2) is 5.91 Å². The number of hydrogen-bond acceptors (Lipinski definition) is 1. The van der Waals surface area contributed by atoms with Gasteiger partial charge in [0.25, 0.3) is 0 Å². The zero-order valence-corrected chi connectivity index (χ0v) is 11.5. The van der Waals surface area contributed by atoms with Gasteiger partial charge >= 0.3 is 0 Å². The molecule has 2 heteroatoms. The second-order valence-corrected chi connectivity index (χ2v) is 5.97. The minimum Gasteiger partial charge on any atom is -0.326 e. The molecule has 1 N–H and O–H groups in total. The molecule has 0 atom stereocenters. The maximum Gasteiger partial charge on any atom is 0.224 e. The number of hydrogen-bond donors (Lipinski definition) is 1. The highest BCUT2D eigenvalue weighted by molar-refractivity contribution is 5.90. The van der Waals surface area contributed by atoms with Crippen LogP contribution in [0.4, 0.5) is 5.69 Å². The summed E-state index contributed by atoms with van der Waals surface area (Å²) >= 11 is 0. The second-order valence-electron chi connectivity index (χ2n) is 5.97. The van der Waals surface area contributed by atoms with E-state index in [0.29, 0.717) is 12.3 Å². The fraction of sp³-hybridized carbons (Fsp3) is 0.533. The molecule has 0 aliphatic rings. The molecular weight excluding hydrogens is 210 g/mol. The average Bonchev–Trinajstić information content (AvgIpc) is 2.15. The topological polar surface area (TPSA) is 29.1 Å². The number of carbonyl (C=O) groups is 1. The van der Waals surface area contributed by atoms with Crippen LogP contribution < -0.4 is 5.32 Å². The van der Waals surface area contributed by atoms with E-state index in [4.69, 9.17) is 0 Å². The number of rotatable bonds is 3. The predicted octanol–water partition coefficient (Wildman–Crippen LogP) is 3.97. The van der Waals surface area contributed by atoms with Gasteiger partial charge in [-0.2, -0.15) is 0 Å². The Kier molecular flexibility index (Phi) is 4.33. The summed E-state index contributed by atoms with van der Waals surface area (Å²) in [6.45, 7) is 10.6. The Labute approximate surface area is 104 Å². The maximum absolute atomic E-state index is 11.6. The first kappa shape index (κ1) is 13.8. The molecule has 1 aromatic rings. The third-order valence-electron chi connectivity index (χ3n) is 2.63. The Morgan fingerprint density at radius 1 is 1.18 bits per heavy atom. The van der Waals surface area contributed by atoms with Crippen LogP contribution in [0, 0.1) is 5.92 Å². The van der Waals surface area contributed by atoms with Crippen LogP contribution in [0.5, 0.6) is 0 Å². The number of carbonyl (C=O) groups excluding carboxylic acids is 1. The van der Waals surface area contributed by atoms with E-state index in [-0.39, 0.29) is 11.3 Å². The molecular formula is C15H23NO. The van der Waals surface area contributed by atoms with Crippen LogP contribution in [0.3, 0.4) is 0 Å². The zero-order chi connectivity index (χ0) is 13.1. The number of anilines is 1. The Hall–Kier alpha value is -1.31. The van der Waals surface area contributed by atoms with Gasteiger partial charge in [0.15, 0.2) is 0 Å². The molecule has 1 amide bonds. The van der Waals surface area contributed by atoms with Crippen molar-refractivity contribution in [2.24, 2.45) is 5.92 Å². The summed E-state index contributed by atoms with van der Waals surface area (Å²) in [5.74, 6) is 0.479. The van der Waals surface area contributed by atoms with Crippen LogP contribution in [0.2, 0.25) is 0 Å². The molecule has 0 aromatic heterocycles. The minimum absolute atomic E-state index is 0.0866. The van der Waals surface area contributed by atoms with Crippen molar-refractivity contribution in [1.82, 2.24) is 0 Å². The quantitative estimate of drug-likeness (QED) is 0.841. The highest BCUT2D eigenvalue weighted by atomic mass is 16.1. The molecule has 0 unspecified atom stereocenters. The lowest BCUT2D eigenvalue weighted by Gasteiger charge is -2.19. The lowest BCUT2D eigenvalue weighted by molar-refractivity contribution is -0.116. The normalized spacial score (nSPS) is 11.6. The summed E-state index contributed by atoms with van der Waals surface area (Å²) in [6, 6.07) is 8.09. The van der Waals surface area contributed by atoms with Gasteiger partial charge in [-0.1, -0.05) is 46.8 Å². The first-order valence-corrected chi connectivity index (χ1v) is 6.19. The molecule has 0 fully saturated rings. The molecule has 0 aliphatic heterocycles. The van der Waals surface area contributed by atoms with Gasteiger partial charge in [-0.3, -0.25) is 4.79 Å². The van der Waals surface area contributed by atoms with Crippen molar-refractivity contribution in [2.45, 2.75) is 46.5 Å². The predicted molar refractivity (Wildman–Crippen MR) is 73.2 cm³/mol. The zero-order valence-electron chi connectivity index (χ0n) is 11.5. The minimum atomic E-state index is 0.0866.